The molecule has 0 unspecified atom stereocenters. The molecule has 0 bridgehead atoms. The molecule has 0 saturated carbocycles. The van der Waals surface area contributed by atoms with Crippen molar-refractivity contribution in [1.29, 1.82) is 0 Å². The van der Waals surface area contributed by atoms with E-state index < -0.39 is 0 Å². The number of aryl methyl sites for hydroxylation is 2. The molecule has 0 amide bonds. The van der Waals surface area contributed by atoms with Gasteiger partial charge in [0.05, 0.1) is 6.61 Å². The minimum absolute atomic E-state index is 0.624. The predicted octanol–water partition coefficient (Wildman–Crippen LogP) is 3.54. The summed E-state index contributed by atoms with van der Waals surface area (Å²) < 4.78 is 5.43. The van der Waals surface area contributed by atoms with Crippen LogP contribution in [-0.2, 0) is 24.1 Å². The first-order valence-electron chi connectivity index (χ1n) is 9.96. The summed E-state index contributed by atoms with van der Waals surface area (Å²) in [5, 5.41) is 2.95. The SMILES string of the molecule is Bc1cc2cc3c(c4c2c(c1C)CCC4)CN1C(=C)C(COC)=C(C)C=C31. The molecule has 0 fully saturated rings. The molecule has 2 aliphatic heterocycles. The van der Waals surface area contributed by atoms with Crippen LogP contribution in [0.1, 0.15) is 41.2 Å². The zero-order chi connectivity index (χ0) is 18.9. The van der Waals surface area contributed by atoms with Crippen LogP contribution in [0.3, 0.4) is 0 Å². The summed E-state index contributed by atoms with van der Waals surface area (Å²) >= 11 is 0. The van der Waals surface area contributed by atoms with Crippen molar-refractivity contribution in [3.8, 4) is 0 Å². The van der Waals surface area contributed by atoms with Crippen LogP contribution in [0.5, 0.6) is 0 Å². The summed E-state index contributed by atoms with van der Waals surface area (Å²) in [5.41, 5.74) is 13.9. The number of benzene rings is 2. The Morgan fingerprint density at radius 1 is 1.15 bits per heavy atom. The first-order valence-corrected chi connectivity index (χ1v) is 9.96. The third kappa shape index (κ3) is 2.24. The van der Waals surface area contributed by atoms with Gasteiger partial charge in [0.25, 0.3) is 0 Å². The molecule has 0 radical (unpaired) electrons. The van der Waals surface area contributed by atoms with Crippen molar-refractivity contribution in [2.75, 3.05) is 13.7 Å². The van der Waals surface area contributed by atoms with E-state index >= 15 is 0 Å². The molecule has 0 N–H and O–H groups in total. The minimum Gasteiger partial charge on any atom is -0.380 e. The van der Waals surface area contributed by atoms with E-state index in [0.29, 0.717) is 6.61 Å². The van der Waals surface area contributed by atoms with E-state index in [4.69, 9.17) is 4.74 Å². The quantitative estimate of drug-likeness (QED) is 0.764. The monoisotopic (exact) mass is 355 g/mol. The highest BCUT2D eigenvalue weighted by Gasteiger charge is 2.34. The van der Waals surface area contributed by atoms with Gasteiger partial charge >= 0.3 is 0 Å². The Balaban J connectivity index is 1.78. The summed E-state index contributed by atoms with van der Waals surface area (Å²) in [6.07, 6.45) is 6.00. The molecule has 0 atom stereocenters. The number of ether oxygens (including phenoxy) is 1. The lowest BCUT2D eigenvalue weighted by Gasteiger charge is -2.29. The van der Waals surface area contributed by atoms with E-state index in [2.05, 4.69) is 51.4 Å². The van der Waals surface area contributed by atoms with Gasteiger partial charge in [-0.1, -0.05) is 23.7 Å². The maximum absolute atomic E-state index is 5.43. The fourth-order valence-corrected chi connectivity index (χ4v) is 5.29. The van der Waals surface area contributed by atoms with Gasteiger partial charge in [-0.05, 0) is 78.3 Å². The van der Waals surface area contributed by atoms with Gasteiger partial charge in [-0.25, -0.2) is 0 Å². The molecule has 0 aromatic heterocycles. The molecule has 3 aliphatic rings. The fourth-order valence-electron chi connectivity index (χ4n) is 5.29. The largest absolute Gasteiger partial charge is 0.380 e. The van der Waals surface area contributed by atoms with Crippen LogP contribution in [0.4, 0.5) is 0 Å². The molecule has 3 heteroatoms. The summed E-state index contributed by atoms with van der Waals surface area (Å²) in [4.78, 5) is 2.40. The van der Waals surface area contributed by atoms with Gasteiger partial charge in [0.15, 0.2) is 0 Å². The molecule has 2 aromatic carbocycles. The van der Waals surface area contributed by atoms with Crippen molar-refractivity contribution >= 4 is 29.8 Å². The van der Waals surface area contributed by atoms with Crippen molar-refractivity contribution in [1.82, 2.24) is 4.90 Å². The number of methoxy groups -OCH3 is 1. The van der Waals surface area contributed by atoms with Gasteiger partial charge < -0.3 is 9.64 Å². The zero-order valence-corrected chi connectivity index (χ0v) is 16.8. The van der Waals surface area contributed by atoms with Crippen molar-refractivity contribution in [3.05, 3.63) is 69.4 Å². The lowest BCUT2D eigenvalue weighted by molar-refractivity contribution is 0.223. The normalized spacial score (nSPS) is 18.1. The van der Waals surface area contributed by atoms with Crippen molar-refractivity contribution < 1.29 is 4.74 Å². The summed E-state index contributed by atoms with van der Waals surface area (Å²) in [6, 6.07) is 4.83. The molecule has 0 spiro atoms. The predicted molar refractivity (Wildman–Crippen MR) is 116 cm³/mol. The Kier molecular flexibility index (Phi) is 3.67. The molecular weight excluding hydrogens is 329 g/mol. The first kappa shape index (κ1) is 16.9. The maximum Gasteiger partial charge on any atom is 0.139 e. The van der Waals surface area contributed by atoms with Crippen LogP contribution >= 0.6 is 0 Å². The summed E-state index contributed by atoms with van der Waals surface area (Å²) in [6.45, 7) is 10.5. The highest BCUT2D eigenvalue weighted by molar-refractivity contribution is 6.34. The second kappa shape index (κ2) is 5.87. The van der Waals surface area contributed by atoms with Gasteiger partial charge in [-0.2, -0.15) is 0 Å². The Labute approximate surface area is 162 Å². The molecule has 27 heavy (non-hydrogen) atoms. The molecular formula is C24H26BNO. The van der Waals surface area contributed by atoms with E-state index in [1.165, 1.54) is 69.0 Å². The molecule has 5 rings (SSSR count). The van der Waals surface area contributed by atoms with Crippen molar-refractivity contribution in [2.24, 2.45) is 0 Å². The average molecular weight is 355 g/mol. The van der Waals surface area contributed by atoms with Gasteiger partial charge in [0, 0.05) is 36.2 Å². The number of rotatable bonds is 2. The number of allylic oxidation sites excluding steroid dienone is 2. The third-order valence-corrected chi connectivity index (χ3v) is 6.83. The molecule has 2 aromatic rings. The van der Waals surface area contributed by atoms with Gasteiger partial charge in [0.1, 0.15) is 7.85 Å². The Morgan fingerprint density at radius 3 is 2.70 bits per heavy atom. The van der Waals surface area contributed by atoms with Crippen molar-refractivity contribution in [3.63, 3.8) is 0 Å². The Bertz CT molecular complexity index is 1090. The zero-order valence-electron chi connectivity index (χ0n) is 16.8. The van der Waals surface area contributed by atoms with E-state index in [0.717, 1.165) is 12.2 Å². The fraction of sp³-hybridized carbons (Fsp3) is 0.333. The van der Waals surface area contributed by atoms with E-state index in [1.807, 2.05) is 0 Å². The van der Waals surface area contributed by atoms with Gasteiger partial charge in [-0.3, -0.25) is 0 Å². The Morgan fingerprint density at radius 2 is 1.93 bits per heavy atom. The number of fused-ring (bicyclic) bond motifs is 4. The molecule has 136 valence electrons. The van der Waals surface area contributed by atoms with Crippen molar-refractivity contribution in [2.45, 2.75) is 39.7 Å². The lowest BCUT2D eigenvalue weighted by atomic mass is 9.77. The van der Waals surface area contributed by atoms with E-state index in [-0.39, 0.29) is 0 Å². The van der Waals surface area contributed by atoms with Crippen LogP contribution < -0.4 is 5.46 Å². The van der Waals surface area contributed by atoms with Crippen LogP contribution in [0.2, 0.25) is 0 Å². The van der Waals surface area contributed by atoms with E-state index in [9.17, 15) is 0 Å². The van der Waals surface area contributed by atoms with Crippen LogP contribution in [0, 0.1) is 6.92 Å². The highest BCUT2D eigenvalue weighted by Crippen LogP contribution is 2.46. The maximum atomic E-state index is 5.43. The topological polar surface area (TPSA) is 12.5 Å². The summed E-state index contributed by atoms with van der Waals surface area (Å²) in [7, 11) is 4.01. The second-order valence-electron chi connectivity index (χ2n) is 8.29. The molecule has 1 aliphatic carbocycles. The molecule has 2 nitrogen and oxygen atoms in total. The lowest BCUT2D eigenvalue weighted by Crippen LogP contribution is -2.21. The van der Waals surface area contributed by atoms with Crippen LogP contribution in [-0.4, -0.2) is 26.5 Å². The first-order chi connectivity index (χ1) is 13.0. The molecule has 0 saturated heterocycles. The van der Waals surface area contributed by atoms with Gasteiger partial charge in [-0.15, -0.1) is 0 Å². The Hall–Kier alpha value is -2.26. The van der Waals surface area contributed by atoms with Gasteiger partial charge in [0.2, 0.25) is 0 Å². The third-order valence-electron chi connectivity index (χ3n) is 6.83. The van der Waals surface area contributed by atoms with Crippen LogP contribution in [0.25, 0.3) is 16.5 Å². The number of nitrogens with zero attached hydrogens (tertiary/aromatic N) is 1. The second-order valence-corrected chi connectivity index (χ2v) is 8.29. The number of hydrogen-bond donors (Lipinski definition) is 0. The minimum atomic E-state index is 0.624. The molecule has 2 heterocycles. The van der Waals surface area contributed by atoms with E-state index in [1.54, 1.807) is 18.2 Å². The average Bonchev–Trinajstić information content (AvgIpc) is 3.02. The van der Waals surface area contributed by atoms with Crippen LogP contribution in [0.15, 0.2) is 41.6 Å². The standard InChI is InChI=1S/C24H26BNO/c1-13-8-23-19-9-16-10-22(25)14(2)17-6-5-7-18(24(16)17)20(19)11-26(23)15(3)21(13)12-27-4/h8-10H,3,5-7,11-12,25H2,1-2,4H3. The smallest absolute Gasteiger partial charge is 0.139 e. The number of hydrogen-bond acceptors (Lipinski definition) is 2. The summed E-state index contributed by atoms with van der Waals surface area (Å²) in [5.74, 6) is 0. The highest BCUT2D eigenvalue weighted by atomic mass is 16.5.